The van der Waals surface area contributed by atoms with E-state index in [0.717, 1.165) is 12.0 Å². The number of benzene rings is 2. The van der Waals surface area contributed by atoms with Crippen LogP contribution in [0.1, 0.15) is 52.7 Å². The summed E-state index contributed by atoms with van der Waals surface area (Å²) in [6.07, 6.45) is 0.980. The SMILES string of the molecule is C/C(=N\NC(=O)c1ccc(C(=O)O)cc1)c1nn(C)c(-c2ccc(CC(C)C)cc2)c1O. The molecule has 0 saturated carbocycles. The summed E-state index contributed by atoms with van der Waals surface area (Å²) in [7, 11) is 1.73. The van der Waals surface area contributed by atoms with E-state index in [0.29, 0.717) is 17.3 Å². The van der Waals surface area contributed by atoms with Crippen molar-refractivity contribution in [3.05, 3.63) is 70.9 Å². The molecule has 0 fully saturated rings. The molecule has 0 saturated heterocycles. The molecular formula is C24H26N4O4. The van der Waals surface area contributed by atoms with Gasteiger partial charge >= 0.3 is 5.97 Å². The number of hydrazone groups is 1. The third kappa shape index (κ3) is 5.03. The highest BCUT2D eigenvalue weighted by Gasteiger charge is 2.19. The van der Waals surface area contributed by atoms with E-state index < -0.39 is 11.9 Å². The van der Waals surface area contributed by atoms with Gasteiger partial charge in [-0.05, 0) is 49.1 Å². The van der Waals surface area contributed by atoms with Crippen molar-refractivity contribution in [3.63, 3.8) is 0 Å². The van der Waals surface area contributed by atoms with E-state index in [1.807, 2.05) is 24.3 Å². The van der Waals surface area contributed by atoms with Gasteiger partial charge in [-0.25, -0.2) is 10.2 Å². The summed E-state index contributed by atoms with van der Waals surface area (Å²) in [5.41, 5.74) is 5.95. The first-order valence-corrected chi connectivity index (χ1v) is 10.2. The van der Waals surface area contributed by atoms with Crippen molar-refractivity contribution in [1.82, 2.24) is 15.2 Å². The second-order valence-electron chi connectivity index (χ2n) is 7.98. The predicted octanol–water partition coefficient (Wildman–Crippen LogP) is 3.84. The van der Waals surface area contributed by atoms with Gasteiger partial charge in [0, 0.05) is 18.2 Å². The van der Waals surface area contributed by atoms with E-state index in [2.05, 4.69) is 29.5 Å². The quantitative estimate of drug-likeness (QED) is 0.386. The number of aromatic nitrogens is 2. The van der Waals surface area contributed by atoms with Crippen molar-refractivity contribution in [2.75, 3.05) is 0 Å². The minimum absolute atomic E-state index is 0.0228. The maximum atomic E-state index is 12.3. The topological polar surface area (TPSA) is 117 Å². The van der Waals surface area contributed by atoms with E-state index in [1.165, 1.54) is 29.8 Å². The molecule has 0 spiro atoms. The van der Waals surface area contributed by atoms with Crippen molar-refractivity contribution in [3.8, 4) is 17.0 Å². The largest absolute Gasteiger partial charge is 0.504 e. The molecule has 0 aliphatic heterocycles. The number of carbonyl (C=O) groups excluding carboxylic acids is 1. The molecule has 3 aromatic rings. The Kier molecular flexibility index (Phi) is 6.73. The number of nitrogens with one attached hydrogen (secondary N) is 1. The zero-order valence-corrected chi connectivity index (χ0v) is 18.5. The van der Waals surface area contributed by atoms with Crippen molar-refractivity contribution >= 4 is 17.6 Å². The fourth-order valence-corrected chi connectivity index (χ4v) is 3.37. The lowest BCUT2D eigenvalue weighted by atomic mass is 10.0. The average molecular weight is 434 g/mol. The van der Waals surface area contributed by atoms with Gasteiger partial charge in [-0.15, -0.1) is 0 Å². The van der Waals surface area contributed by atoms with E-state index in [4.69, 9.17) is 5.11 Å². The van der Waals surface area contributed by atoms with Crippen LogP contribution in [0.2, 0.25) is 0 Å². The zero-order valence-electron chi connectivity index (χ0n) is 18.5. The lowest BCUT2D eigenvalue weighted by molar-refractivity contribution is 0.0696. The maximum absolute atomic E-state index is 12.3. The molecule has 0 radical (unpaired) electrons. The van der Waals surface area contributed by atoms with Crippen LogP contribution >= 0.6 is 0 Å². The Bertz CT molecular complexity index is 1160. The van der Waals surface area contributed by atoms with Crippen LogP contribution in [0.3, 0.4) is 0 Å². The van der Waals surface area contributed by atoms with Gasteiger partial charge in [-0.3, -0.25) is 9.48 Å². The molecule has 8 heteroatoms. The molecule has 1 heterocycles. The van der Waals surface area contributed by atoms with Crippen LogP contribution in [0, 0.1) is 5.92 Å². The molecule has 0 bridgehead atoms. The van der Waals surface area contributed by atoms with Gasteiger partial charge < -0.3 is 10.2 Å². The van der Waals surface area contributed by atoms with E-state index in [9.17, 15) is 14.7 Å². The molecule has 0 aliphatic carbocycles. The third-order valence-corrected chi connectivity index (χ3v) is 4.96. The zero-order chi connectivity index (χ0) is 23.4. The van der Waals surface area contributed by atoms with Crippen LogP contribution in [0.25, 0.3) is 11.3 Å². The minimum atomic E-state index is -1.07. The monoisotopic (exact) mass is 434 g/mol. The molecular weight excluding hydrogens is 408 g/mol. The fraction of sp³-hybridized carbons (Fsp3) is 0.250. The molecule has 0 unspecified atom stereocenters. The number of aromatic carboxylic acids is 1. The summed E-state index contributed by atoms with van der Waals surface area (Å²) in [4.78, 5) is 23.2. The smallest absolute Gasteiger partial charge is 0.335 e. The molecule has 0 aliphatic rings. The number of hydrogen-bond acceptors (Lipinski definition) is 5. The van der Waals surface area contributed by atoms with Gasteiger partial charge in [0.05, 0.1) is 11.3 Å². The highest BCUT2D eigenvalue weighted by atomic mass is 16.4. The van der Waals surface area contributed by atoms with Crippen LogP contribution < -0.4 is 5.43 Å². The van der Waals surface area contributed by atoms with Crippen molar-refractivity contribution in [2.45, 2.75) is 27.2 Å². The molecule has 32 heavy (non-hydrogen) atoms. The minimum Gasteiger partial charge on any atom is -0.504 e. The summed E-state index contributed by atoms with van der Waals surface area (Å²) < 4.78 is 1.58. The van der Waals surface area contributed by atoms with Crippen LogP contribution in [0.4, 0.5) is 0 Å². The summed E-state index contributed by atoms with van der Waals surface area (Å²) in [5.74, 6) is -1.04. The molecule has 1 aromatic heterocycles. The van der Waals surface area contributed by atoms with Gasteiger partial charge in [0.15, 0.2) is 11.4 Å². The number of nitrogens with zero attached hydrogens (tertiary/aromatic N) is 3. The van der Waals surface area contributed by atoms with Crippen LogP contribution in [0.15, 0.2) is 53.6 Å². The first-order valence-electron chi connectivity index (χ1n) is 10.2. The van der Waals surface area contributed by atoms with Gasteiger partial charge in [-0.2, -0.15) is 10.2 Å². The van der Waals surface area contributed by atoms with E-state index in [1.54, 1.807) is 18.7 Å². The lowest BCUT2D eigenvalue weighted by Crippen LogP contribution is -2.19. The summed E-state index contributed by atoms with van der Waals surface area (Å²) in [5, 5.41) is 28.1. The van der Waals surface area contributed by atoms with E-state index in [-0.39, 0.29) is 22.6 Å². The first kappa shape index (κ1) is 22.7. The molecule has 0 atom stereocenters. The second-order valence-corrected chi connectivity index (χ2v) is 7.98. The molecule has 8 nitrogen and oxygen atoms in total. The van der Waals surface area contributed by atoms with Crippen molar-refractivity contribution in [2.24, 2.45) is 18.1 Å². The third-order valence-electron chi connectivity index (χ3n) is 4.96. The number of carboxylic acid groups (broad SMARTS) is 1. The predicted molar refractivity (Wildman–Crippen MR) is 122 cm³/mol. The average Bonchev–Trinajstić information content (AvgIpc) is 3.06. The molecule has 166 valence electrons. The Hall–Kier alpha value is -3.94. The summed E-state index contributed by atoms with van der Waals surface area (Å²) >= 11 is 0. The number of aromatic hydroxyl groups is 1. The lowest BCUT2D eigenvalue weighted by Gasteiger charge is -2.07. The second kappa shape index (κ2) is 9.47. The van der Waals surface area contributed by atoms with Gasteiger partial charge in [0.1, 0.15) is 5.69 Å². The highest BCUT2D eigenvalue weighted by molar-refractivity contribution is 6.02. The molecule has 3 rings (SSSR count). The van der Waals surface area contributed by atoms with Crippen LogP contribution in [-0.2, 0) is 13.5 Å². The fourth-order valence-electron chi connectivity index (χ4n) is 3.37. The summed E-state index contributed by atoms with van der Waals surface area (Å²) in [6, 6.07) is 13.5. The van der Waals surface area contributed by atoms with E-state index >= 15 is 0 Å². The van der Waals surface area contributed by atoms with Gasteiger partial charge in [0.2, 0.25) is 0 Å². The number of amides is 1. The van der Waals surface area contributed by atoms with Crippen LogP contribution in [-0.4, -0.2) is 37.6 Å². The number of aryl methyl sites for hydroxylation is 1. The number of hydrogen-bond donors (Lipinski definition) is 3. The molecule has 1 amide bonds. The van der Waals surface area contributed by atoms with Gasteiger partial charge in [0.25, 0.3) is 5.91 Å². The normalized spacial score (nSPS) is 11.6. The standard InChI is InChI=1S/C24H26N4O4/c1-14(2)13-16-5-7-17(8-6-16)21-22(29)20(27-28(21)4)15(3)25-26-23(30)18-9-11-19(12-10-18)24(31)32/h5-12,14,29H,13H2,1-4H3,(H,26,30)(H,31,32)/b25-15+. The maximum Gasteiger partial charge on any atom is 0.335 e. The number of carbonyl (C=O) groups is 2. The number of carboxylic acids is 1. The number of rotatable bonds is 7. The Morgan fingerprint density at radius 1 is 1.06 bits per heavy atom. The van der Waals surface area contributed by atoms with Crippen molar-refractivity contribution in [1.29, 1.82) is 0 Å². The van der Waals surface area contributed by atoms with Gasteiger partial charge in [-0.1, -0.05) is 38.1 Å². The molecule has 3 N–H and O–H groups in total. The van der Waals surface area contributed by atoms with Crippen molar-refractivity contribution < 1.29 is 19.8 Å². The molecule has 2 aromatic carbocycles. The Balaban J connectivity index is 1.78. The van der Waals surface area contributed by atoms with Crippen LogP contribution in [0.5, 0.6) is 5.75 Å². The Labute approximate surface area is 186 Å². The first-order chi connectivity index (χ1) is 15.2. The highest BCUT2D eigenvalue weighted by Crippen LogP contribution is 2.32. The Morgan fingerprint density at radius 2 is 1.66 bits per heavy atom. The Morgan fingerprint density at radius 3 is 2.22 bits per heavy atom. The summed E-state index contributed by atoms with van der Waals surface area (Å²) in [6.45, 7) is 5.96.